The number of rotatable bonds is 3. The van der Waals surface area contributed by atoms with Crippen LogP contribution in [0.1, 0.15) is 6.42 Å². The Hall–Kier alpha value is -1.03. The molecule has 52 valence electrons. The lowest BCUT2D eigenvalue weighted by Gasteiger charge is -2.02. The van der Waals surface area contributed by atoms with Gasteiger partial charge in [0.25, 0.3) is 0 Å². The van der Waals surface area contributed by atoms with Crippen LogP contribution in [-0.2, 0) is 4.79 Å². The molecule has 0 aromatic heterocycles. The van der Waals surface area contributed by atoms with Crippen LogP contribution in [0.5, 0.6) is 0 Å². The van der Waals surface area contributed by atoms with E-state index in [1.165, 1.54) is 0 Å². The van der Waals surface area contributed by atoms with Crippen molar-refractivity contribution in [2.75, 3.05) is 0 Å². The van der Waals surface area contributed by atoms with Gasteiger partial charge in [-0.1, -0.05) is 6.58 Å². The number of aliphatic hydroxyl groups is 2. The summed E-state index contributed by atoms with van der Waals surface area (Å²) in [5.74, 6) is -1.69. The standard InChI is InChI=1S/C5H8O4/c1-3(6)4(7)2-5(8)9/h4,6-7H,1-2H2,(H,8,9). The lowest BCUT2D eigenvalue weighted by molar-refractivity contribution is -0.139. The van der Waals surface area contributed by atoms with E-state index in [1.54, 1.807) is 0 Å². The first-order valence-electron chi connectivity index (χ1n) is 2.31. The minimum atomic E-state index is -1.34. The van der Waals surface area contributed by atoms with Crippen molar-refractivity contribution < 1.29 is 20.1 Å². The van der Waals surface area contributed by atoms with Crippen LogP contribution in [-0.4, -0.2) is 27.4 Å². The van der Waals surface area contributed by atoms with E-state index in [0.717, 1.165) is 0 Å². The molecule has 0 fully saturated rings. The average Bonchev–Trinajstić information content (AvgIpc) is 1.63. The third-order valence-corrected chi connectivity index (χ3v) is 0.753. The Morgan fingerprint density at radius 3 is 2.11 bits per heavy atom. The number of carbonyl (C=O) groups is 1. The first kappa shape index (κ1) is 7.97. The van der Waals surface area contributed by atoms with Crippen LogP contribution >= 0.6 is 0 Å². The first-order valence-corrected chi connectivity index (χ1v) is 2.31. The second kappa shape index (κ2) is 3.09. The maximum absolute atomic E-state index is 9.80. The van der Waals surface area contributed by atoms with Crippen LogP contribution in [0.2, 0.25) is 0 Å². The Labute approximate surface area is 52.1 Å². The zero-order valence-electron chi connectivity index (χ0n) is 4.74. The van der Waals surface area contributed by atoms with Gasteiger partial charge in [-0.15, -0.1) is 0 Å². The van der Waals surface area contributed by atoms with Crippen molar-refractivity contribution in [3.63, 3.8) is 0 Å². The van der Waals surface area contributed by atoms with E-state index in [1.807, 2.05) is 0 Å². The second-order valence-corrected chi connectivity index (χ2v) is 1.60. The van der Waals surface area contributed by atoms with Gasteiger partial charge in [-0.25, -0.2) is 0 Å². The number of carboxylic acids is 1. The highest BCUT2D eigenvalue weighted by atomic mass is 16.4. The Bertz CT molecular complexity index is 129. The van der Waals surface area contributed by atoms with Crippen molar-refractivity contribution in [3.05, 3.63) is 12.3 Å². The van der Waals surface area contributed by atoms with Gasteiger partial charge in [-0.05, 0) is 0 Å². The molecular weight excluding hydrogens is 124 g/mol. The normalized spacial score (nSPS) is 12.6. The van der Waals surface area contributed by atoms with E-state index in [2.05, 4.69) is 6.58 Å². The molecular formula is C5H8O4. The molecule has 0 saturated heterocycles. The molecule has 1 atom stereocenters. The maximum Gasteiger partial charge on any atom is 0.306 e. The van der Waals surface area contributed by atoms with Crippen LogP contribution in [0.25, 0.3) is 0 Å². The van der Waals surface area contributed by atoms with Crippen LogP contribution in [0.15, 0.2) is 12.3 Å². The topological polar surface area (TPSA) is 77.8 Å². The van der Waals surface area contributed by atoms with Crippen LogP contribution < -0.4 is 0 Å². The van der Waals surface area contributed by atoms with E-state index in [4.69, 9.17) is 15.3 Å². The lowest BCUT2D eigenvalue weighted by Crippen LogP contribution is -2.14. The van der Waals surface area contributed by atoms with Crippen molar-refractivity contribution >= 4 is 5.97 Å². The highest BCUT2D eigenvalue weighted by Crippen LogP contribution is 1.98. The smallest absolute Gasteiger partial charge is 0.306 e. The molecule has 4 nitrogen and oxygen atoms in total. The molecule has 0 radical (unpaired) electrons. The summed E-state index contributed by atoms with van der Waals surface area (Å²) >= 11 is 0. The number of aliphatic carboxylic acids is 1. The van der Waals surface area contributed by atoms with Crippen molar-refractivity contribution in [3.8, 4) is 0 Å². The Morgan fingerprint density at radius 1 is 1.56 bits per heavy atom. The van der Waals surface area contributed by atoms with Gasteiger partial charge < -0.3 is 15.3 Å². The van der Waals surface area contributed by atoms with Gasteiger partial charge in [0.15, 0.2) is 0 Å². The molecule has 3 N–H and O–H groups in total. The van der Waals surface area contributed by atoms with E-state index < -0.39 is 24.3 Å². The fourth-order valence-electron chi connectivity index (χ4n) is 0.283. The molecule has 4 heteroatoms. The van der Waals surface area contributed by atoms with Gasteiger partial charge in [-0.2, -0.15) is 0 Å². The quantitative estimate of drug-likeness (QED) is 0.468. The molecule has 0 amide bonds. The van der Waals surface area contributed by atoms with E-state index >= 15 is 0 Å². The SMILES string of the molecule is C=C(O)C(O)CC(=O)O. The summed E-state index contributed by atoms with van der Waals surface area (Å²) in [5, 5.41) is 24.9. The van der Waals surface area contributed by atoms with Crippen molar-refractivity contribution in [1.29, 1.82) is 0 Å². The fraction of sp³-hybridized carbons (Fsp3) is 0.400. The molecule has 0 bridgehead atoms. The average molecular weight is 132 g/mol. The Balaban J connectivity index is 3.63. The fourth-order valence-corrected chi connectivity index (χ4v) is 0.283. The second-order valence-electron chi connectivity index (χ2n) is 1.60. The monoisotopic (exact) mass is 132 g/mol. The summed E-state index contributed by atoms with van der Waals surface area (Å²) in [4.78, 5) is 9.80. The molecule has 0 spiro atoms. The molecule has 0 aromatic carbocycles. The minimum absolute atomic E-state index is 0.505. The zero-order valence-corrected chi connectivity index (χ0v) is 4.74. The number of hydrogen-bond donors (Lipinski definition) is 3. The Kier molecular flexibility index (Phi) is 2.73. The number of carboxylic acid groups (broad SMARTS) is 1. The van der Waals surface area contributed by atoms with Crippen molar-refractivity contribution in [2.45, 2.75) is 12.5 Å². The minimum Gasteiger partial charge on any atom is -0.510 e. The lowest BCUT2D eigenvalue weighted by atomic mass is 10.2. The highest BCUT2D eigenvalue weighted by molar-refractivity contribution is 5.67. The first-order chi connectivity index (χ1) is 4.04. The van der Waals surface area contributed by atoms with Crippen molar-refractivity contribution in [1.82, 2.24) is 0 Å². The van der Waals surface area contributed by atoms with Crippen molar-refractivity contribution in [2.24, 2.45) is 0 Å². The molecule has 9 heavy (non-hydrogen) atoms. The third-order valence-electron chi connectivity index (χ3n) is 0.753. The molecule has 0 rings (SSSR count). The van der Waals surface area contributed by atoms with Gasteiger partial charge in [-0.3, -0.25) is 4.79 Å². The number of hydrogen-bond acceptors (Lipinski definition) is 3. The summed E-state index contributed by atoms with van der Waals surface area (Å²) < 4.78 is 0. The van der Waals surface area contributed by atoms with Gasteiger partial charge in [0, 0.05) is 0 Å². The number of aliphatic hydroxyl groups excluding tert-OH is 2. The molecule has 0 aromatic rings. The molecule has 0 saturated carbocycles. The summed E-state index contributed by atoms with van der Waals surface area (Å²) in [6, 6.07) is 0. The van der Waals surface area contributed by atoms with Gasteiger partial charge in [0.1, 0.15) is 11.9 Å². The zero-order chi connectivity index (χ0) is 7.44. The third kappa shape index (κ3) is 3.54. The van der Waals surface area contributed by atoms with E-state index in [-0.39, 0.29) is 0 Å². The summed E-state index contributed by atoms with van der Waals surface area (Å²) in [6.07, 6.45) is -1.85. The van der Waals surface area contributed by atoms with Gasteiger partial charge >= 0.3 is 5.97 Å². The summed E-state index contributed by atoms with van der Waals surface area (Å²) in [6.45, 7) is 2.95. The van der Waals surface area contributed by atoms with Gasteiger partial charge in [0.05, 0.1) is 6.42 Å². The van der Waals surface area contributed by atoms with Gasteiger partial charge in [0.2, 0.25) is 0 Å². The van der Waals surface area contributed by atoms with Crippen LogP contribution in [0.4, 0.5) is 0 Å². The van der Waals surface area contributed by atoms with E-state index in [0.29, 0.717) is 0 Å². The molecule has 0 aliphatic heterocycles. The molecule has 0 aliphatic rings. The molecule has 0 heterocycles. The maximum atomic E-state index is 9.80. The summed E-state index contributed by atoms with van der Waals surface area (Å²) in [7, 11) is 0. The predicted molar refractivity (Wildman–Crippen MR) is 30.0 cm³/mol. The summed E-state index contributed by atoms with van der Waals surface area (Å²) in [5.41, 5.74) is 0. The highest BCUT2D eigenvalue weighted by Gasteiger charge is 2.10. The molecule has 0 aliphatic carbocycles. The Morgan fingerprint density at radius 2 is 2.00 bits per heavy atom. The van der Waals surface area contributed by atoms with Crippen LogP contribution in [0.3, 0.4) is 0 Å². The predicted octanol–water partition coefficient (Wildman–Crippen LogP) is -0.106. The van der Waals surface area contributed by atoms with Crippen LogP contribution in [0, 0.1) is 0 Å². The molecule has 1 unspecified atom stereocenters. The van der Waals surface area contributed by atoms with E-state index in [9.17, 15) is 4.79 Å². The largest absolute Gasteiger partial charge is 0.510 e.